The Morgan fingerprint density at radius 3 is 2.10 bits per heavy atom. The van der Waals surface area contributed by atoms with Crippen LogP contribution in [0.3, 0.4) is 0 Å². The lowest BCUT2D eigenvalue weighted by Gasteiger charge is -2.22. The minimum Gasteiger partial charge on any atom is -0.370 e. The molecule has 0 aliphatic carbocycles. The summed E-state index contributed by atoms with van der Waals surface area (Å²) in [6, 6.07) is 0. The number of hydrogen-bond acceptors (Lipinski definition) is 4. The van der Waals surface area contributed by atoms with Crippen molar-refractivity contribution in [2.45, 2.75) is 66.7 Å². The molecule has 1 rings (SSSR count). The van der Waals surface area contributed by atoms with Gasteiger partial charge in [0.25, 0.3) is 0 Å². The molecule has 0 radical (unpaired) electrons. The van der Waals surface area contributed by atoms with Crippen molar-refractivity contribution in [3.05, 3.63) is 11.4 Å². The van der Waals surface area contributed by atoms with Crippen LogP contribution in [0.5, 0.6) is 0 Å². The van der Waals surface area contributed by atoms with Gasteiger partial charge in [0.1, 0.15) is 17.5 Å². The molecular weight excluding hydrogens is 260 g/mol. The van der Waals surface area contributed by atoms with Gasteiger partial charge in [-0.05, 0) is 19.3 Å². The first-order valence-corrected chi connectivity index (χ1v) is 8.16. The molecule has 0 saturated carbocycles. The zero-order chi connectivity index (χ0) is 16.0. The minimum atomic E-state index is -0.0524. The van der Waals surface area contributed by atoms with E-state index in [0.29, 0.717) is 5.92 Å². The Morgan fingerprint density at radius 2 is 1.62 bits per heavy atom. The Kier molecular flexibility index (Phi) is 6.43. The third-order valence-electron chi connectivity index (χ3n) is 3.67. The van der Waals surface area contributed by atoms with Crippen molar-refractivity contribution >= 4 is 11.6 Å². The third-order valence-corrected chi connectivity index (χ3v) is 3.67. The van der Waals surface area contributed by atoms with Gasteiger partial charge in [-0.15, -0.1) is 0 Å². The molecule has 0 aliphatic rings. The predicted octanol–water partition coefficient (Wildman–Crippen LogP) is 4.36. The van der Waals surface area contributed by atoms with E-state index in [1.807, 2.05) is 0 Å². The van der Waals surface area contributed by atoms with Crippen LogP contribution in [-0.4, -0.2) is 23.1 Å². The lowest BCUT2D eigenvalue weighted by molar-refractivity contribution is 0.544. The molecule has 0 spiro atoms. The van der Waals surface area contributed by atoms with Crippen LogP contribution in [0.25, 0.3) is 0 Å². The molecule has 0 bridgehead atoms. The first-order chi connectivity index (χ1) is 9.79. The predicted molar refractivity (Wildman–Crippen MR) is 92.2 cm³/mol. The number of nitrogens with one attached hydrogen (secondary N) is 2. The summed E-state index contributed by atoms with van der Waals surface area (Å²) in [5, 5.41) is 6.93. The highest BCUT2D eigenvalue weighted by Gasteiger charge is 2.21. The lowest BCUT2D eigenvalue weighted by atomic mass is 9.95. The Morgan fingerprint density at radius 1 is 1.05 bits per heavy atom. The second-order valence-electron chi connectivity index (χ2n) is 6.94. The summed E-state index contributed by atoms with van der Waals surface area (Å²) in [4.78, 5) is 9.48. The number of anilines is 2. The van der Waals surface area contributed by atoms with Crippen molar-refractivity contribution in [1.29, 1.82) is 0 Å². The molecule has 0 amide bonds. The topological polar surface area (TPSA) is 49.8 Å². The van der Waals surface area contributed by atoms with Gasteiger partial charge in [-0.3, -0.25) is 0 Å². The Balaban J connectivity index is 3.08. The third kappa shape index (κ3) is 5.18. The van der Waals surface area contributed by atoms with E-state index in [4.69, 9.17) is 9.97 Å². The molecule has 4 heteroatoms. The van der Waals surface area contributed by atoms with Crippen LogP contribution >= 0.6 is 0 Å². The molecule has 120 valence electrons. The van der Waals surface area contributed by atoms with Gasteiger partial charge < -0.3 is 10.6 Å². The maximum Gasteiger partial charge on any atom is 0.138 e. The van der Waals surface area contributed by atoms with Crippen LogP contribution in [0.4, 0.5) is 11.6 Å². The highest BCUT2D eigenvalue weighted by Crippen LogP contribution is 2.26. The van der Waals surface area contributed by atoms with E-state index in [1.165, 1.54) is 6.42 Å². The van der Waals surface area contributed by atoms with Gasteiger partial charge in [-0.25, -0.2) is 9.97 Å². The SMILES string of the molecule is CCCNc1nc(C(C)(C)C)nc(NCC(C)CC)c1C. The van der Waals surface area contributed by atoms with Crippen molar-refractivity contribution in [2.75, 3.05) is 23.7 Å². The van der Waals surface area contributed by atoms with Crippen LogP contribution in [0.1, 0.15) is 65.8 Å². The fourth-order valence-corrected chi connectivity index (χ4v) is 1.85. The molecule has 1 unspecified atom stereocenters. The molecule has 1 atom stereocenters. The zero-order valence-electron chi connectivity index (χ0n) is 14.8. The molecule has 1 aromatic rings. The Bertz CT molecular complexity index is 449. The fourth-order valence-electron chi connectivity index (χ4n) is 1.85. The van der Waals surface area contributed by atoms with Crippen LogP contribution in [-0.2, 0) is 5.41 Å². The summed E-state index contributed by atoms with van der Waals surface area (Å²) in [7, 11) is 0. The number of nitrogens with zero attached hydrogens (tertiary/aromatic N) is 2. The quantitative estimate of drug-likeness (QED) is 0.784. The average Bonchev–Trinajstić information content (AvgIpc) is 2.43. The lowest BCUT2D eigenvalue weighted by Crippen LogP contribution is -2.21. The zero-order valence-corrected chi connectivity index (χ0v) is 14.8. The van der Waals surface area contributed by atoms with Crippen molar-refractivity contribution in [3.63, 3.8) is 0 Å². The first-order valence-electron chi connectivity index (χ1n) is 8.16. The largest absolute Gasteiger partial charge is 0.370 e. The van der Waals surface area contributed by atoms with Gasteiger partial charge in [-0.2, -0.15) is 0 Å². The molecule has 0 fully saturated rings. The van der Waals surface area contributed by atoms with E-state index in [-0.39, 0.29) is 5.41 Å². The number of hydrogen-bond donors (Lipinski definition) is 2. The van der Waals surface area contributed by atoms with E-state index in [2.05, 4.69) is 59.1 Å². The normalized spacial score (nSPS) is 13.1. The minimum absolute atomic E-state index is 0.0524. The monoisotopic (exact) mass is 292 g/mol. The maximum atomic E-state index is 4.76. The van der Waals surface area contributed by atoms with E-state index < -0.39 is 0 Å². The molecule has 21 heavy (non-hydrogen) atoms. The highest BCUT2D eigenvalue weighted by molar-refractivity contribution is 5.57. The summed E-state index contributed by atoms with van der Waals surface area (Å²) in [6.07, 6.45) is 2.26. The second kappa shape index (κ2) is 7.62. The Labute approximate surface area is 130 Å². The Hall–Kier alpha value is -1.32. The van der Waals surface area contributed by atoms with Crippen molar-refractivity contribution in [2.24, 2.45) is 5.92 Å². The summed E-state index contributed by atoms with van der Waals surface area (Å²) < 4.78 is 0. The summed E-state index contributed by atoms with van der Waals surface area (Å²) >= 11 is 0. The van der Waals surface area contributed by atoms with Crippen molar-refractivity contribution in [1.82, 2.24) is 9.97 Å². The molecule has 0 aliphatic heterocycles. The number of rotatable bonds is 7. The molecule has 2 N–H and O–H groups in total. The smallest absolute Gasteiger partial charge is 0.138 e. The summed E-state index contributed by atoms with van der Waals surface area (Å²) in [6.45, 7) is 17.1. The van der Waals surface area contributed by atoms with Crippen molar-refractivity contribution in [3.8, 4) is 0 Å². The average molecular weight is 292 g/mol. The van der Waals surface area contributed by atoms with Crippen LogP contribution < -0.4 is 10.6 Å². The fraction of sp³-hybridized carbons (Fsp3) is 0.765. The van der Waals surface area contributed by atoms with Gasteiger partial charge in [-0.1, -0.05) is 48.0 Å². The van der Waals surface area contributed by atoms with Crippen LogP contribution in [0, 0.1) is 12.8 Å². The molecule has 0 saturated heterocycles. The van der Waals surface area contributed by atoms with Crippen LogP contribution in [0.15, 0.2) is 0 Å². The molecule has 0 aromatic carbocycles. The number of aromatic nitrogens is 2. The van der Waals surface area contributed by atoms with Gasteiger partial charge >= 0.3 is 0 Å². The standard InChI is InChI=1S/C17H32N4/c1-8-10-18-14-13(4)15(19-11-12(3)9-2)21-16(20-14)17(5,6)7/h12H,8-11H2,1-7H3,(H2,18,19,20,21). The van der Waals surface area contributed by atoms with E-state index in [9.17, 15) is 0 Å². The highest BCUT2D eigenvalue weighted by atomic mass is 15.1. The first kappa shape index (κ1) is 17.7. The molecule has 1 heterocycles. The molecule has 4 nitrogen and oxygen atoms in total. The van der Waals surface area contributed by atoms with Gasteiger partial charge in [0.15, 0.2) is 0 Å². The van der Waals surface area contributed by atoms with Crippen molar-refractivity contribution < 1.29 is 0 Å². The van der Waals surface area contributed by atoms with E-state index >= 15 is 0 Å². The van der Waals surface area contributed by atoms with Gasteiger partial charge in [0.2, 0.25) is 0 Å². The van der Waals surface area contributed by atoms with E-state index in [0.717, 1.165) is 42.5 Å². The van der Waals surface area contributed by atoms with Gasteiger partial charge in [0, 0.05) is 24.1 Å². The van der Waals surface area contributed by atoms with Crippen LogP contribution in [0.2, 0.25) is 0 Å². The molecular formula is C17H32N4. The summed E-state index contributed by atoms with van der Waals surface area (Å²) in [5.41, 5.74) is 1.06. The molecule has 1 aromatic heterocycles. The second-order valence-corrected chi connectivity index (χ2v) is 6.94. The maximum absolute atomic E-state index is 4.76. The van der Waals surface area contributed by atoms with E-state index in [1.54, 1.807) is 0 Å². The summed E-state index contributed by atoms with van der Waals surface area (Å²) in [5.74, 6) is 3.46. The van der Waals surface area contributed by atoms with Gasteiger partial charge in [0.05, 0.1) is 0 Å².